The van der Waals surface area contributed by atoms with Crippen LogP contribution in [0.4, 0.5) is 5.69 Å². The number of pyridine rings is 1. The van der Waals surface area contributed by atoms with Gasteiger partial charge in [0, 0.05) is 36.8 Å². The van der Waals surface area contributed by atoms with Crippen molar-refractivity contribution in [2.75, 3.05) is 5.32 Å². The lowest BCUT2D eigenvalue weighted by Crippen LogP contribution is -2.12. The molecule has 0 saturated heterocycles. The first kappa shape index (κ1) is 12.9. The van der Waals surface area contributed by atoms with Gasteiger partial charge in [0.1, 0.15) is 11.5 Å². The second-order valence-corrected chi connectivity index (χ2v) is 5.41. The Morgan fingerprint density at radius 1 is 1.35 bits per heavy atom. The molecular formula is C16H18N2O2. The molecule has 104 valence electrons. The van der Waals surface area contributed by atoms with E-state index in [0.717, 1.165) is 23.1 Å². The molecule has 1 aliphatic carbocycles. The highest BCUT2D eigenvalue weighted by Crippen LogP contribution is 2.47. The number of nitrogens with one attached hydrogen (secondary N) is 1. The highest BCUT2D eigenvalue weighted by atomic mass is 16.3. The number of furan rings is 1. The van der Waals surface area contributed by atoms with Crippen LogP contribution >= 0.6 is 0 Å². The van der Waals surface area contributed by atoms with Crippen molar-refractivity contribution in [2.45, 2.75) is 32.1 Å². The first-order valence-corrected chi connectivity index (χ1v) is 7.01. The molecule has 0 radical (unpaired) electrons. The maximum absolute atomic E-state index is 11.8. The summed E-state index contributed by atoms with van der Waals surface area (Å²) < 4.78 is 5.79. The normalized spacial score (nSPS) is 20.6. The highest BCUT2D eigenvalue weighted by molar-refractivity contribution is 5.90. The number of rotatable bonds is 5. The SMILES string of the molecule is CC1CC1c1ccc(CCC(=O)Nc2ccncc2)o1. The van der Waals surface area contributed by atoms with E-state index in [1.165, 1.54) is 6.42 Å². The Bertz CT molecular complexity index is 592. The van der Waals surface area contributed by atoms with Crippen molar-refractivity contribution >= 4 is 11.6 Å². The lowest BCUT2D eigenvalue weighted by Gasteiger charge is -2.03. The predicted molar refractivity (Wildman–Crippen MR) is 76.4 cm³/mol. The van der Waals surface area contributed by atoms with E-state index in [4.69, 9.17) is 4.42 Å². The van der Waals surface area contributed by atoms with E-state index in [1.807, 2.05) is 12.1 Å². The number of hydrogen-bond acceptors (Lipinski definition) is 3. The van der Waals surface area contributed by atoms with Gasteiger partial charge in [0.25, 0.3) is 0 Å². The maximum atomic E-state index is 11.8. The Balaban J connectivity index is 1.49. The quantitative estimate of drug-likeness (QED) is 0.906. The summed E-state index contributed by atoms with van der Waals surface area (Å²) in [5.41, 5.74) is 0.775. The van der Waals surface area contributed by atoms with Crippen LogP contribution in [0, 0.1) is 5.92 Å². The largest absolute Gasteiger partial charge is 0.466 e. The Morgan fingerprint density at radius 3 is 2.80 bits per heavy atom. The number of aryl methyl sites for hydroxylation is 1. The molecule has 2 atom stereocenters. The smallest absolute Gasteiger partial charge is 0.224 e. The number of amides is 1. The molecule has 0 aliphatic heterocycles. The maximum Gasteiger partial charge on any atom is 0.224 e. The van der Waals surface area contributed by atoms with Crippen LogP contribution in [0.3, 0.4) is 0 Å². The number of nitrogens with zero attached hydrogens (tertiary/aromatic N) is 1. The van der Waals surface area contributed by atoms with E-state index in [9.17, 15) is 4.79 Å². The third kappa shape index (κ3) is 3.07. The molecule has 1 saturated carbocycles. The summed E-state index contributed by atoms with van der Waals surface area (Å²) in [4.78, 5) is 15.7. The van der Waals surface area contributed by atoms with E-state index in [2.05, 4.69) is 17.2 Å². The van der Waals surface area contributed by atoms with Crippen LogP contribution in [-0.4, -0.2) is 10.9 Å². The topological polar surface area (TPSA) is 55.1 Å². The van der Waals surface area contributed by atoms with Crippen LogP contribution in [0.1, 0.15) is 37.2 Å². The minimum atomic E-state index is -0.00561. The average molecular weight is 270 g/mol. The molecule has 2 aromatic heterocycles. The summed E-state index contributed by atoms with van der Waals surface area (Å²) in [5, 5.41) is 2.84. The van der Waals surface area contributed by atoms with Crippen molar-refractivity contribution in [3.63, 3.8) is 0 Å². The summed E-state index contributed by atoms with van der Waals surface area (Å²) >= 11 is 0. The van der Waals surface area contributed by atoms with Crippen LogP contribution in [-0.2, 0) is 11.2 Å². The van der Waals surface area contributed by atoms with Crippen LogP contribution in [0.15, 0.2) is 41.1 Å². The van der Waals surface area contributed by atoms with Crippen molar-refractivity contribution in [1.82, 2.24) is 4.98 Å². The number of carbonyl (C=O) groups excluding carboxylic acids is 1. The van der Waals surface area contributed by atoms with E-state index >= 15 is 0 Å². The zero-order valence-corrected chi connectivity index (χ0v) is 11.5. The standard InChI is InChI=1S/C16H18N2O2/c1-11-10-14(11)15-4-2-13(20-15)3-5-16(19)18-12-6-8-17-9-7-12/h2,4,6-9,11,14H,3,5,10H2,1H3,(H,17,18,19). The molecule has 1 fully saturated rings. The Labute approximate surface area is 118 Å². The van der Waals surface area contributed by atoms with Gasteiger partial charge in [0.2, 0.25) is 5.91 Å². The third-order valence-electron chi connectivity index (χ3n) is 3.72. The summed E-state index contributed by atoms with van der Waals surface area (Å²) in [6.45, 7) is 2.23. The van der Waals surface area contributed by atoms with Crippen LogP contribution < -0.4 is 5.32 Å². The molecule has 1 N–H and O–H groups in total. The highest BCUT2D eigenvalue weighted by Gasteiger charge is 2.36. The minimum Gasteiger partial charge on any atom is -0.466 e. The average Bonchev–Trinajstić information content (AvgIpc) is 3.01. The number of hydrogen-bond donors (Lipinski definition) is 1. The van der Waals surface area contributed by atoms with E-state index in [1.54, 1.807) is 24.5 Å². The fraction of sp³-hybridized carbons (Fsp3) is 0.375. The molecule has 0 aromatic carbocycles. The molecule has 4 nitrogen and oxygen atoms in total. The molecule has 2 aromatic rings. The Hall–Kier alpha value is -2.10. The molecule has 20 heavy (non-hydrogen) atoms. The van der Waals surface area contributed by atoms with Gasteiger partial charge in [-0.15, -0.1) is 0 Å². The molecule has 3 rings (SSSR count). The van der Waals surface area contributed by atoms with E-state index in [0.29, 0.717) is 18.8 Å². The van der Waals surface area contributed by atoms with Gasteiger partial charge in [-0.25, -0.2) is 0 Å². The molecule has 2 unspecified atom stereocenters. The molecule has 0 bridgehead atoms. The van der Waals surface area contributed by atoms with E-state index in [-0.39, 0.29) is 5.91 Å². The molecule has 2 heterocycles. The molecule has 1 aliphatic rings. The van der Waals surface area contributed by atoms with Gasteiger partial charge in [0.05, 0.1) is 0 Å². The zero-order valence-electron chi connectivity index (χ0n) is 11.5. The summed E-state index contributed by atoms with van der Waals surface area (Å²) in [7, 11) is 0. The van der Waals surface area contributed by atoms with Crippen molar-refractivity contribution in [3.05, 3.63) is 48.2 Å². The van der Waals surface area contributed by atoms with Crippen molar-refractivity contribution < 1.29 is 9.21 Å². The van der Waals surface area contributed by atoms with Crippen LogP contribution in [0.5, 0.6) is 0 Å². The van der Waals surface area contributed by atoms with Crippen molar-refractivity contribution in [3.8, 4) is 0 Å². The lowest BCUT2D eigenvalue weighted by molar-refractivity contribution is -0.116. The first-order valence-electron chi connectivity index (χ1n) is 7.01. The third-order valence-corrected chi connectivity index (χ3v) is 3.72. The number of aromatic nitrogens is 1. The summed E-state index contributed by atoms with van der Waals surface area (Å²) in [6.07, 6.45) is 5.60. The molecule has 1 amide bonds. The van der Waals surface area contributed by atoms with Gasteiger partial charge in [0.15, 0.2) is 0 Å². The minimum absolute atomic E-state index is 0.00561. The summed E-state index contributed by atoms with van der Waals surface area (Å²) in [6, 6.07) is 7.58. The second-order valence-electron chi connectivity index (χ2n) is 5.41. The molecule has 0 spiro atoms. The predicted octanol–water partition coefficient (Wildman–Crippen LogP) is 3.37. The van der Waals surface area contributed by atoms with Crippen LogP contribution in [0.25, 0.3) is 0 Å². The first-order chi connectivity index (χ1) is 9.72. The van der Waals surface area contributed by atoms with Gasteiger partial charge >= 0.3 is 0 Å². The summed E-state index contributed by atoms with van der Waals surface area (Å²) in [5.74, 6) is 3.29. The fourth-order valence-electron chi connectivity index (χ4n) is 2.34. The lowest BCUT2D eigenvalue weighted by atomic mass is 10.2. The van der Waals surface area contributed by atoms with Crippen molar-refractivity contribution in [2.24, 2.45) is 5.92 Å². The van der Waals surface area contributed by atoms with Gasteiger partial charge in [-0.1, -0.05) is 6.92 Å². The van der Waals surface area contributed by atoms with Gasteiger partial charge in [-0.05, 0) is 36.6 Å². The molecular weight excluding hydrogens is 252 g/mol. The number of carbonyl (C=O) groups is 1. The van der Waals surface area contributed by atoms with Gasteiger partial charge < -0.3 is 9.73 Å². The second kappa shape index (κ2) is 5.49. The monoisotopic (exact) mass is 270 g/mol. The van der Waals surface area contributed by atoms with Gasteiger partial charge in [-0.2, -0.15) is 0 Å². The van der Waals surface area contributed by atoms with Crippen molar-refractivity contribution in [1.29, 1.82) is 0 Å². The number of anilines is 1. The fourth-order valence-corrected chi connectivity index (χ4v) is 2.34. The zero-order chi connectivity index (χ0) is 13.9. The molecule has 4 heteroatoms. The van der Waals surface area contributed by atoms with Crippen LogP contribution in [0.2, 0.25) is 0 Å². The Kier molecular flexibility index (Phi) is 3.54. The van der Waals surface area contributed by atoms with Gasteiger partial charge in [-0.3, -0.25) is 9.78 Å². The van der Waals surface area contributed by atoms with E-state index < -0.39 is 0 Å². The Morgan fingerprint density at radius 2 is 2.10 bits per heavy atom.